The minimum atomic E-state index is -3.42. The van der Waals surface area contributed by atoms with Gasteiger partial charge in [-0.05, 0) is 63.5 Å². The fourth-order valence-corrected chi connectivity index (χ4v) is 3.88. The van der Waals surface area contributed by atoms with Crippen molar-refractivity contribution >= 4 is 21.6 Å². The van der Waals surface area contributed by atoms with E-state index < -0.39 is 10.0 Å². The summed E-state index contributed by atoms with van der Waals surface area (Å²) in [7, 11) is -3.42. The predicted molar refractivity (Wildman–Crippen MR) is 86.1 cm³/mol. The molecule has 0 aliphatic carbocycles. The molecule has 2 rings (SSSR count). The zero-order valence-electron chi connectivity index (χ0n) is 12.4. The molecule has 21 heavy (non-hydrogen) atoms. The van der Waals surface area contributed by atoms with Gasteiger partial charge >= 0.3 is 0 Å². The van der Waals surface area contributed by atoms with Crippen molar-refractivity contribution in [2.45, 2.75) is 43.5 Å². The van der Waals surface area contributed by atoms with Gasteiger partial charge in [-0.25, -0.2) is 13.1 Å². The van der Waals surface area contributed by atoms with Crippen LogP contribution < -0.4 is 4.72 Å². The second-order valence-corrected chi connectivity index (χ2v) is 7.79. The number of hydrogen-bond acceptors (Lipinski definition) is 3. The van der Waals surface area contributed by atoms with E-state index in [0.717, 1.165) is 19.5 Å². The first-order chi connectivity index (χ1) is 9.99. The van der Waals surface area contributed by atoms with Gasteiger partial charge in [-0.3, -0.25) is 0 Å². The van der Waals surface area contributed by atoms with Crippen LogP contribution in [0.4, 0.5) is 0 Å². The van der Waals surface area contributed by atoms with E-state index in [0.29, 0.717) is 17.6 Å². The maximum Gasteiger partial charge on any atom is 0.240 e. The van der Waals surface area contributed by atoms with Crippen LogP contribution in [0.15, 0.2) is 29.2 Å². The second-order valence-electron chi connectivity index (χ2n) is 5.59. The molecule has 0 saturated carbocycles. The third-order valence-electron chi connectivity index (χ3n) is 3.98. The van der Waals surface area contributed by atoms with Crippen LogP contribution in [-0.2, 0) is 10.0 Å². The van der Waals surface area contributed by atoms with Gasteiger partial charge in [0.2, 0.25) is 10.0 Å². The van der Waals surface area contributed by atoms with E-state index in [1.807, 2.05) is 0 Å². The lowest BCUT2D eigenvalue weighted by atomic mass is 10.0. The molecule has 0 bridgehead atoms. The van der Waals surface area contributed by atoms with Crippen molar-refractivity contribution in [3.05, 3.63) is 29.3 Å². The maximum absolute atomic E-state index is 12.1. The smallest absolute Gasteiger partial charge is 0.240 e. The summed E-state index contributed by atoms with van der Waals surface area (Å²) >= 11 is 5.77. The highest BCUT2D eigenvalue weighted by Crippen LogP contribution is 2.16. The van der Waals surface area contributed by atoms with Crippen molar-refractivity contribution in [3.8, 4) is 0 Å². The normalized spacial score (nSPS) is 20.6. The van der Waals surface area contributed by atoms with E-state index in [9.17, 15) is 8.42 Å². The molecule has 0 spiro atoms. The number of hydrogen-bond donors (Lipinski definition) is 1. The van der Waals surface area contributed by atoms with E-state index >= 15 is 0 Å². The number of sulfonamides is 1. The largest absolute Gasteiger partial charge is 0.301 e. The van der Waals surface area contributed by atoms with E-state index in [-0.39, 0.29) is 4.90 Å². The van der Waals surface area contributed by atoms with E-state index in [1.165, 1.54) is 31.4 Å². The standard InChI is InChI=1S/C15H23ClN2O2S/c1-13-5-2-3-11-18(13)12-4-10-17-21(19,20)15-8-6-14(16)7-9-15/h6-9,13,17H,2-5,10-12H2,1H3. The molecule has 1 unspecified atom stereocenters. The molecule has 1 aliphatic heterocycles. The summed E-state index contributed by atoms with van der Waals surface area (Å²) < 4.78 is 26.8. The van der Waals surface area contributed by atoms with Gasteiger partial charge in [-0.15, -0.1) is 0 Å². The fourth-order valence-electron chi connectivity index (χ4n) is 2.68. The topological polar surface area (TPSA) is 49.4 Å². The minimum absolute atomic E-state index is 0.262. The summed E-state index contributed by atoms with van der Waals surface area (Å²) in [6.07, 6.45) is 4.63. The van der Waals surface area contributed by atoms with Crippen molar-refractivity contribution in [2.75, 3.05) is 19.6 Å². The number of piperidine rings is 1. The lowest BCUT2D eigenvalue weighted by Gasteiger charge is -2.33. The number of rotatable bonds is 6. The Morgan fingerprint density at radius 3 is 2.67 bits per heavy atom. The fraction of sp³-hybridized carbons (Fsp3) is 0.600. The Morgan fingerprint density at radius 2 is 2.00 bits per heavy atom. The summed E-state index contributed by atoms with van der Waals surface area (Å²) in [5.74, 6) is 0. The molecule has 6 heteroatoms. The Kier molecular flexibility index (Phi) is 6.05. The summed E-state index contributed by atoms with van der Waals surface area (Å²) in [6, 6.07) is 6.85. The SMILES string of the molecule is CC1CCCCN1CCCNS(=O)(=O)c1ccc(Cl)cc1. The van der Waals surface area contributed by atoms with Gasteiger partial charge < -0.3 is 4.90 Å². The van der Waals surface area contributed by atoms with Crippen molar-refractivity contribution in [3.63, 3.8) is 0 Å². The van der Waals surface area contributed by atoms with Gasteiger partial charge in [-0.1, -0.05) is 18.0 Å². The average Bonchev–Trinajstić information content (AvgIpc) is 2.46. The molecule has 0 aromatic heterocycles. The molecule has 1 heterocycles. The Morgan fingerprint density at radius 1 is 1.29 bits per heavy atom. The molecule has 1 aliphatic rings. The molecular formula is C15H23ClN2O2S. The van der Waals surface area contributed by atoms with Gasteiger partial charge in [0.15, 0.2) is 0 Å². The summed E-state index contributed by atoms with van der Waals surface area (Å²) in [4.78, 5) is 2.71. The zero-order chi connectivity index (χ0) is 15.3. The van der Waals surface area contributed by atoms with Gasteiger partial charge in [0.1, 0.15) is 0 Å². The molecule has 1 atom stereocenters. The van der Waals surface area contributed by atoms with Crippen LogP contribution in [0.5, 0.6) is 0 Å². The monoisotopic (exact) mass is 330 g/mol. The number of halogens is 1. The Hall–Kier alpha value is -0.620. The Bertz CT molecular complexity index is 545. The van der Waals surface area contributed by atoms with Crippen LogP contribution >= 0.6 is 11.6 Å². The maximum atomic E-state index is 12.1. The van der Waals surface area contributed by atoms with Crippen LogP contribution in [0.1, 0.15) is 32.6 Å². The third-order valence-corrected chi connectivity index (χ3v) is 5.71. The number of benzene rings is 1. The third kappa shape index (κ3) is 4.95. The molecular weight excluding hydrogens is 308 g/mol. The summed E-state index contributed by atoms with van der Waals surface area (Å²) in [5.41, 5.74) is 0. The van der Waals surface area contributed by atoms with Crippen LogP contribution in [-0.4, -0.2) is 39.0 Å². The molecule has 0 amide bonds. The highest BCUT2D eigenvalue weighted by atomic mass is 35.5. The number of nitrogens with one attached hydrogen (secondary N) is 1. The quantitative estimate of drug-likeness (QED) is 0.816. The summed E-state index contributed by atoms with van der Waals surface area (Å²) in [6.45, 7) is 4.79. The molecule has 1 aromatic rings. The van der Waals surface area contributed by atoms with Gasteiger partial charge in [0, 0.05) is 17.6 Å². The van der Waals surface area contributed by atoms with Crippen molar-refractivity contribution < 1.29 is 8.42 Å². The first-order valence-electron chi connectivity index (χ1n) is 7.48. The Labute approximate surface area is 132 Å². The first-order valence-corrected chi connectivity index (χ1v) is 9.34. The van der Waals surface area contributed by atoms with E-state index in [4.69, 9.17) is 11.6 Å². The second kappa shape index (κ2) is 7.58. The average molecular weight is 331 g/mol. The molecule has 118 valence electrons. The molecule has 1 N–H and O–H groups in total. The van der Waals surface area contributed by atoms with Gasteiger partial charge in [0.25, 0.3) is 0 Å². The van der Waals surface area contributed by atoms with Crippen molar-refractivity contribution in [2.24, 2.45) is 0 Å². The number of nitrogens with zero attached hydrogens (tertiary/aromatic N) is 1. The van der Waals surface area contributed by atoms with Crippen molar-refractivity contribution in [1.82, 2.24) is 9.62 Å². The van der Waals surface area contributed by atoms with Crippen molar-refractivity contribution in [1.29, 1.82) is 0 Å². The highest BCUT2D eigenvalue weighted by Gasteiger charge is 2.18. The lowest BCUT2D eigenvalue weighted by molar-refractivity contribution is 0.159. The highest BCUT2D eigenvalue weighted by molar-refractivity contribution is 7.89. The minimum Gasteiger partial charge on any atom is -0.301 e. The zero-order valence-corrected chi connectivity index (χ0v) is 14.0. The van der Waals surface area contributed by atoms with Crippen LogP contribution in [0.3, 0.4) is 0 Å². The molecule has 4 nitrogen and oxygen atoms in total. The van der Waals surface area contributed by atoms with E-state index in [1.54, 1.807) is 12.1 Å². The van der Waals surface area contributed by atoms with Crippen LogP contribution in [0.25, 0.3) is 0 Å². The van der Waals surface area contributed by atoms with Crippen LogP contribution in [0, 0.1) is 0 Å². The molecule has 1 fully saturated rings. The van der Waals surface area contributed by atoms with Gasteiger partial charge in [-0.2, -0.15) is 0 Å². The first kappa shape index (κ1) is 16.7. The lowest BCUT2D eigenvalue weighted by Crippen LogP contribution is -2.39. The molecule has 1 aromatic carbocycles. The summed E-state index contributed by atoms with van der Waals surface area (Å²) in [5, 5.41) is 0.535. The predicted octanol–water partition coefficient (Wildman–Crippen LogP) is 2.88. The molecule has 1 saturated heterocycles. The van der Waals surface area contributed by atoms with Gasteiger partial charge in [0.05, 0.1) is 4.90 Å². The molecule has 0 radical (unpaired) electrons. The van der Waals surface area contributed by atoms with E-state index in [2.05, 4.69) is 16.5 Å². The Balaban J connectivity index is 1.78. The van der Waals surface area contributed by atoms with Crippen LogP contribution in [0.2, 0.25) is 5.02 Å². The number of likely N-dealkylation sites (tertiary alicyclic amines) is 1.